The normalized spacial score (nSPS) is 10.7. The first kappa shape index (κ1) is 86.5. The van der Waals surface area contributed by atoms with Gasteiger partial charge in [0.2, 0.25) is 0 Å². The molecule has 0 aliphatic heterocycles. The third-order valence-corrected chi connectivity index (χ3v) is 19.2. The maximum atomic E-state index is 12.7. The number of anilines is 5. The van der Waals surface area contributed by atoms with Gasteiger partial charge >= 0.3 is 0 Å². The quantitative estimate of drug-likeness (QED) is 0.0342. The average molecular weight is 1750 g/mol. The highest BCUT2D eigenvalue weighted by molar-refractivity contribution is 6.08. The lowest BCUT2D eigenvalue weighted by molar-refractivity contribution is 0.101. The smallest absolute Gasteiger partial charge is 0.274 e. The van der Waals surface area contributed by atoms with Gasteiger partial charge in [0.25, 0.3) is 29.5 Å². The van der Waals surface area contributed by atoms with Crippen LogP contribution in [0.1, 0.15) is 58.1 Å². The average Bonchev–Trinajstić information content (AvgIpc) is 1.68. The summed E-state index contributed by atoms with van der Waals surface area (Å²) in [7, 11) is 10.8. The molecule has 0 saturated carbocycles. The molecule has 5 amide bonds. The van der Waals surface area contributed by atoms with E-state index in [0.717, 1.165) is 28.2 Å². The van der Waals surface area contributed by atoms with Crippen LogP contribution in [0.3, 0.4) is 0 Å². The third kappa shape index (κ3) is 21.5. The Morgan fingerprint density at radius 2 is 0.636 bits per heavy atom. The standard InChI is InChI=1S/2C19H17N7O.C19H16N6O.2C18H15N7O/c1-25-11-13(10-21-25)14-7-5-8-16(22-14)19(27)23-17-12-26(2)24-18(17)15-6-3-4-9-20-15;1-12-10-16(24-23-12)13-7-5-8-15(21-13)19(27)22-17-11-26(2)25-18(17)14-6-3-4-9-20-14;1-25-12-17(18(24-25)15-6-2-3-10-21-15)23-19(26)16-8-4-7-14(22-16)13-9-5-11-20-13;1-25-11-16(17(24-25)14-5-2-3-9-19-14)22-18(26)15-7-4-6-12(21-15)13-8-10-20-23-13;1-25-11-16(17(24-25)14-5-2-3-8-19-14)23-18(26)15-7-4-6-13(22-15)12-9-20-21-10-12/h3-12H,1-2H3,(H,23,27);3-11H,1-2H3,(H,22,27)(H,23,24);2-12,20H,1H3,(H,23,26);2-11H,1H3,(H,20,23)(H,22,26);2-11H,1H3,(H,20,21)(H,23,26). The van der Waals surface area contributed by atoms with Gasteiger partial charge in [-0.3, -0.25) is 92.3 Å². The lowest BCUT2D eigenvalue weighted by Gasteiger charge is -2.06. The van der Waals surface area contributed by atoms with Crippen LogP contribution in [0.4, 0.5) is 28.4 Å². The molecule has 20 heterocycles. The summed E-state index contributed by atoms with van der Waals surface area (Å²) in [6.45, 7) is 1.91. The zero-order valence-electron chi connectivity index (χ0n) is 71.6. The maximum absolute atomic E-state index is 12.7. The molecule has 0 aliphatic carbocycles. The van der Waals surface area contributed by atoms with E-state index in [1.165, 1.54) is 0 Å². The molecule has 0 fully saturated rings. The summed E-state index contributed by atoms with van der Waals surface area (Å²) < 4.78 is 9.87. The summed E-state index contributed by atoms with van der Waals surface area (Å²) in [6, 6.07) is 61.7. The molecule has 0 atom stereocenters. The lowest BCUT2D eigenvalue weighted by Crippen LogP contribution is -2.14. The first-order chi connectivity index (χ1) is 64.3. The fraction of sp³-hybridized carbons (Fsp3) is 0.0753. The number of pyridine rings is 10. The van der Waals surface area contributed by atoms with Crippen molar-refractivity contribution in [2.75, 3.05) is 26.6 Å². The summed E-state index contributed by atoms with van der Waals surface area (Å²) in [5, 5.41) is 61.0. The summed E-state index contributed by atoms with van der Waals surface area (Å²) in [5.74, 6) is -1.58. The maximum Gasteiger partial charge on any atom is 0.274 e. The number of carbonyl (C=O) groups excluding carboxylic acids is 5. The van der Waals surface area contributed by atoms with Gasteiger partial charge in [-0.2, -0.15) is 45.9 Å². The Hall–Kier alpha value is -19.0. The number of hydrogen-bond acceptors (Lipinski definition) is 24. The highest BCUT2D eigenvalue weighted by Gasteiger charge is 2.24. The molecule has 20 aromatic heterocycles. The molecule has 9 N–H and O–H groups in total. The summed E-state index contributed by atoms with van der Waals surface area (Å²) in [6.07, 6.45) is 27.5. The number of aromatic amines is 4. The van der Waals surface area contributed by atoms with Crippen LogP contribution >= 0.6 is 0 Å². The topological polar surface area (TPSA) is 483 Å². The van der Waals surface area contributed by atoms with E-state index in [2.05, 4.69) is 143 Å². The Morgan fingerprint density at radius 3 is 0.939 bits per heavy atom. The summed E-state index contributed by atoms with van der Waals surface area (Å²) in [5.41, 5.74) is 19.1. The lowest BCUT2D eigenvalue weighted by atomic mass is 10.2. The number of nitrogens with one attached hydrogen (secondary N) is 9. The van der Waals surface area contributed by atoms with Gasteiger partial charge < -0.3 is 31.6 Å². The fourth-order valence-electron chi connectivity index (χ4n) is 13.2. The zero-order valence-corrected chi connectivity index (χ0v) is 71.6. The van der Waals surface area contributed by atoms with Crippen molar-refractivity contribution in [3.05, 3.63) is 340 Å². The molecule has 39 nitrogen and oxygen atoms in total. The number of carbonyl (C=O) groups is 5. The van der Waals surface area contributed by atoms with Crippen LogP contribution in [0.2, 0.25) is 0 Å². The van der Waals surface area contributed by atoms with E-state index in [-0.39, 0.29) is 29.5 Å². The van der Waals surface area contributed by atoms with Gasteiger partial charge in [0, 0.05) is 146 Å². The van der Waals surface area contributed by atoms with Gasteiger partial charge in [-0.25, -0.2) is 24.9 Å². The molecule has 20 aromatic rings. The molecular formula is C93H80N34O5. The first-order valence-electron chi connectivity index (χ1n) is 40.6. The van der Waals surface area contributed by atoms with Crippen molar-refractivity contribution in [2.45, 2.75) is 6.92 Å². The minimum atomic E-state index is -0.325. The Kier molecular flexibility index (Phi) is 26.4. The number of aryl methyl sites for hydroxylation is 7. The SMILES string of the molecule is Cc1cc(-c2cccc(C(=O)Nc3cn(C)nc3-c3ccccn3)n2)n[nH]1.Cn1cc(-c2cccc(C(=O)Nc3cn(C)nc3-c3ccccn3)n2)cn1.Cn1cc(NC(=O)c2cccc(-c3ccc[nH]3)n2)c(-c2ccccn2)n1.Cn1cc(NC(=O)c2cccc(-c3ccn[nH]3)n2)c(-c2ccccn2)n1.Cn1cc(NC(=O)c2cccc(-c3cn[nH]c3)n2)c(-c2ccccn2)n1. The second kappa shape index (κ2) is 40.3. The zero-order chi connectivity index (χ0) is 91.4. The van der Waals surface area contributed by atoms with Gasteiger partial charge in [0.05, 0.1) is 109 Å². The number of hydrogen-bond donors (Lipinski definition) is 9. The second-order valence-corrected chi connectivity index (χ2v) is 29.1. The molecule has 0 spiro atoms. The molecule has 132 heavy (non-hydrogen) atoms. The van der Waals surface area contributed by atoms with Crippen LogP contribution in [-0.2, 0) is 42.3 Å². The van der Waals surface area contributed by atoms with Gasteiger partial charge in [0.15, 0.2) is 0 Å². The first-order valence-corrected chi connectivity index (χ1v) is 40.6. The van der Waals surface area contributed by atoms with E-state index in [1.807, 2.05) is 166 Å². The Morgan fingerprint density at radius 1 is 0.295 bits per heavy atom. The molecular weight excluding hydrogens is 1670 g/mol. The predicted molar refractivity (Wildman–Crippen MR) is 493 cm³/mol. The monoisotopic (exact) mass is 1750 g/mol. The van der Waals surface area contributed by atoms with E-state index in [9.17, 15) is 24.0 Å². The number of H-pyrrole nitrogens is 4. The fourth-order valence-corrected chi connectivity index (χ4v) is 13.2. The van der Waals surface area contributed by atoms with E-state index < -0.39 is 0 Å². The number of aromatic nitrogens is 29. The Balaban J connectivity index is 0.000000120. The van der Waals surface area contributed by atoms with Crippen molar-refractivity contribution >= 4 is 58.0 Å². The Bertz CT molecular complexity index is 6740. The third-order valence-electron chi connectivity index (χ3n) is 19.2. The Labute approximate surface area is 751 Å². The van der Waals surface area contributed by atoms with Crippen molar-refractivity contribution in [3.8, 4) is 114 Å². The molecule has 20 rings (SSSR count). The predicted octanol–water partition coefficient (Wildman–Crippen LogP) is 13.5. The van der Waals surface area contributed by atoms with Crippen LogP contribution in [0, 0.1) is 6.92 Å². The highest BCUT2D eigenvalue weighted by atomic mass is 16.2. The minimum absolute atomic E-state index is 0.295. The molecule has 0 aromatic carbocycles. The van der Waals surface area contributed by atoms with Crippen LogP contribution < -0.4 is 26.6 Å². The molecule has 39 heteroatoms. The summed E-state index contributed by atoms with van der Waals surface area (Å²) >= 11 is 0. The van der Waals surface area contributed by atoms with Crippen molar-refractivity contribution in [1.82, 2.24) is 144 Å². The minimum Gasteiger partial charge on any atom is -0.360 e. The van der Waals surface area contributed by atoms with Crippen molar-refractivity contribution in [2.24, 2.45) is 42.3 Å². The van der Waals surface area contributed by atoms with E-state index >= 15 is 0 Å². The number of nitrogens with zero attached hydrogens (tertiary/aromatic N) is 25. The molecule has 0 radical (unpaired) electrons. The molecule has 0 bridgehead atoms. The van der Waals surface area contributed by atoms with Crippen molar-refractivity contribution in [1.29, 1.82) is 0 Å². The largest absolute Gasteiger partial charge is 0.360 e. The van der Waals surface area contributed by atoms with E-state index in [0.29, 0.717) is 148 Å². The van der Waals surface area contributed by atoms with E-state index in [1.54, 1.807) is 217 Å². The van der Waals surface area contributed by atoms with Crippen LogP contribution in [0.5, 0.6) is 0 Å². The van der Waals surface area contributed by atoms with Crippen LogP contribution in [0.15, 0.2) is 305 Å². The van der Waals surface area contributed by atoms with Gasteiger partial charge in [0.1, 0.15) is 62.6 Å². The number of rotatable bonds is 20. The van der Waals surface area contributed by atoms with Crippen LogP contribution in [0.25, 0.3) is 114 Å². The molecule has 0 saturated heterocycles. The number of amides is 5. The van der Waals surface area contributed by atoms with Gasteiger partial charge in [-0.15, -0.1) is 0 Å². The molecule has 0 aliphatic rings. The van der Waals surface area contributed by atoms with Crippen LogP contribution in [-0.4, -0.2) is 174 Å². The molecule has 0 unspecified atom stereocenters. The van der Waals surface area contributed by atoms with Gasteiger partial charge in [-0.05, 0) is 153 Å². The summed E-state index contributed by atoms with van der Waals surface area (Å²) in [4.78, 5) is 110. The van der Waals surface area contributed by atoms with Crippen molar-refractivity contribution in [3.63, 3.8) is 0 Å². The molecule has 652 valence electrons. The second-order valence-electron chi connectivity index (χ2n) is 29.1. The van der Waals surface area contributed by atoms with Gasteiger partial charge in [-0.1, -0.05) is 60.7 Å². The van der Waals surface area contributed by atoms with Crippen molar-refractivity contribution < 1.29 is 24.0 Å². The van der Waals surface area contributed by atoms with E-state index in [4.69, 9.17) is 0 Å². The highest BCUT2D eigenvalue weighted by Crippen LogP contribution is 2.32.